The molecule has 1 unspecified atom stereocenters. The molecule has 2 aromatic carbocycles. The maximum Gasteiger partial charge on any atom is 0.303 e. The summed E-state index contributed by atoms with van der Waals surface area (Å²) in [6, 6.07) is 17.0. The fourth-order valence-corrected chi connectivity index (χ4v) is 1.94. The van der Waals surface area contributed by atoms with Crippen molar-refractivity contribution in [3.63, 3.8) is 0 Å². The molecule has 0 radical (unpaired) electrons. The highest BCUT2D eigenvalue weighted by molar-refractivity contribution is 5.83. The zero-order chi connectivity index (χ0) is 14.5. The maximum atomic E-state index is 11.3. The third-order valence-electron chi connectivity index (χ3n) is 2.86. The molecule has 0 saturated carbocycles. The van der Waals surface area contributed by atoms with E-state index in [1.165, 1.54) is 6.92 Å². The van der Waals surface area contributed by atoms with Crippen molar-refractivity contribution in [1.82, 2.24) is 0 Å². The van der Waals surface area contributed by atoms with Crippen molar-refractivity contribution >= 4 is 11.9 Å². The molecule has 1 atom stereocenters. The van der Waals surface area contributed by atoms with Crippen LogP contribution in [-0.4, -0.2) is 11.9 Å². The summed E-state index contributed by atoms with van der Waals surface area (Å²) in [7, 11) is 0. The van der Waals surface area contributed by atoms with Gasteiger partial charge in [-0.3, -0.25) is 9.59 Å². The van der Waals surface area contributed by atoms with Crippen molar-refractivity contribution < 1.29 is 14.3 Å². The molecule has 0 aromatic heterocycles. The zero-order valence-corrected chi connectivity index (χ0v) is 11.1. The molecule has 0 fully saturated rings. The second kappa shape index (κ2) is 6.02. The van der Waals surface area contributed by atoms with E-state index in [1.807, 2.05) is 42.5 Å². The number of rotatable bonds is 4. The summed E-state index contributed by atoms with van der Waals surface area (Å²) in [6.45, 7) is 1.24. The number of ether oxygens (including phenoxy) is 1. The highest BCUT2D eigenvalue weighted by Gasteiger charge is 2.20. The minimum Gasteiger partial charge on any atom is -0.447 e. The maximum absolute atomic E-state index is 11.3. The summed E-state index contributed by atoms with van der Waals surface area (Å²) >= 11 is 0. The van der Waals surface area contributed by atoms with E-state index < -0.39 is 18.0 Å². The average molecular weight is 269 g/mol. The molecule has 0 saturated heterocycles. The van der Waals surface area contributed by atoms with Crippen LogP contribution in [0.1, 0.15) is 18.6 Å². The lowest BCUT2D eigenvalue weighted by Gasteiger charge is -2.14. The van der Waals surface area contributed by atoms with Crippen molar-refractivity contribution in [1.29, 1.82) is 0 Å². The predicted molar refractivity (Wildman–Crippen MR) is 75.6 cm³/mol. The van der Waals surface area contributed by atoms with E-state index in [-0.39, 0.29) is 0 Å². The van der Waals surface area contributed by atoms with Crippen molar-refractivity contribution in [2.24, 2.45) is 5.73 Å². The molecule has 2 rings (SSSR count). The molecule has 0 aliphatic carbocycles. The summed E-state index contributed by atoms with van der Waals surface area (Å²) in [5, 5.41) is 0. The van der Waals surface area contributed by atoms with Crippen LogP contribution in [0.25, 0.3) is 11.1 Å². The summed E-state index contributed by atoms with van der Waals surface area (Å²) < 4.78 is 4.93. The number of esters is 1. The number of benzene rings is 2. The van der Waals surface area contributed by atoms with Crippen molar-refractivity contribution in [3.8, 4) is 11.1 Å². The monoisotopic (exact) mass is 269 g/mol. The third kappa shape index (κ3) is 3.23. The number of primary amides is 1. The number of nitrogens with two attached hydrogens (primary N) is 1. The molecular weight excluding hydrogens is 254 g/mol. The van der Waals surface area contributed by atoms with E-state index in [9.17, 15) is 9.59 Å². The number of hydrogen-bond acceptors (Lipinski definition) is 3. The van der Waals surface area contributed by atoms with Gasteiger partial charge in [-0.25, -0.2) is 0 Å². The van der Waals surface area contributed by atoms with Gasteiger partial charge < -0.3 is 10.5 Å². The van der Waals surface area contributed by atoms with E-state index in [0.29, 0.717) is 5.56 Å². The molecule has 2 aromatic rings. The van der Waals surface area contributed by atoms with Gasteiger partial charge in [-0.2, -0.15) is 0 Å². The first-order valence-corrected chi connectivity index (χ1v) is 6.20. The van der Waals surface area contributed by atoms with Crippen LogP contribution >= 0.6 is 0 Å². The molecule has 1 amide bonds. The minimum atomic E-state index is -1.04. The summed E-state index contributed by atoms with van der Waals surface area (Å²) in [6.07, 6.45) is -1.04. The molecule has 102 valence electrons. The van der Waals surface area contributed by atoms with Gasteiger partial charge in [0.1, 0.15) is 0 Å². The third-order valence-corrected chi connectivity index (χ3v) is 2.86. The van der Waals surface area contributed by atoms with Crippen LogP contribution in [0.3, 0.4) is 0 Å². The zero-order valence-electron chi connectivity index (χ0n) is 11.1. The van der Waals surface area contributed by atoms with Crippen LogP contribution in [0, 0.1) is 0 Å². The van der Waals surface area contributed by atoms with Crippen LogP contribution in [0.4, 0.5) is 0 Å². The number of hydrogen-bond donors (Lipinski definition) is 1. The van der Waals surface area contributed by atoms with Crippen LogP contribution in [0.15, 0.2) is 54.6 Å². The van der Waals surface area contributed by atoms with Gasteiger partial charge >= 0.3 is 5.97 Å². The van der Waals surface area contributed by atoms with Gasteiger partial charge in [-0.1, -0.05) is 54.6 Å². The molecule has 0 bridgehead atoms. The summed E-state index contributed by atoms with van der Waals surface area (Å²) in [4.78, 5) is 22.3. The smallest absolute Gasteiger partial charge is 0.303 e. The Kier molecular flexibility index (Phi) is 4.15. The molecule has 2 N–H and O–H groups in total. The fourth-order valence-electron chi connectivity index (χ4n) is 1.94. The van der Waals surface area contributed by atoms with Crippen molar-refractivity contribution in [2.75, 3.05) is 0 Å². The first kappa shape index (κ1) is 13.8. The van der Waals surface area contributed by atoms with Gasteiger partial charge in [-0.15, -0.1) is 0 Å². The minimum absolute atomic E-state index is 0.541. The van der Waals surface area contributed by atoms with Crippen LogP contribution in [0.2, 0.25) is 0 Å². The molecular formula is C16H15NO3. The van der Waals surface area contributed by atoms with Crippen molar-refractivity contribution in [2.45, 2.75) is 13.0 Å². The normalized spacial score (nSPS) is 11.7. The Morgan fingerprint density at radius 3 is 2.00 bits per heavy atom. The quantitative estimate of drug-likeness (QED) is 0.867. The van der Waals surface area contributed by atoms with E-state index in [1.54, 1.807) is 12.1 Å². The average Bonchev–Trinajstić information content (AvgIpc) is 2.45. The predicted octanol–water partition coefficient (Wildman–Crippen LogP) is 2.44. The lowest BCUT2D eigenvalue weighted by molar-refractivity contribution is -0.153. The molecule has 0 spiro atoms. The van der Waals surface area contributed by atoms with Crippen LogP contribution in [-0.2, 0) is 14.3 Å². The lowest BCUT2D eigenvalue weighted by Crippen LogP contribution is -2.25. The Labute approximate surface area is 117 Å². The summed E-state index contributed by atoms with van der Waals surface area (Å²) in [5.41, 5.74) is 7.90. The highest BCUT2D eigenvalue weighted by Crippen LogP contribution is 2.23. The molecule has 4 nitrogen and oxygen atoms in total. The molecule has 0 heterocycles. The first-order valence-electron chi connectivity index (χ1n) is 6.20. The largest absolute Gasteiger partial charge is 0.447 e. The van der Waals surface area contributed by atoms with Gasteiger partial charge in [0.05, 0.1) is 0 Å². The van der Waals surface area contributed by atoms with E-state index >= 15 is 0 Å². The number of amides is 1. The second-order valence-electron chi connectivity index (χ2n) is 4.38. The number of carbonyl (C=O) groups is 2. The second-order valence-corrected chi connectivity index (χ2v) is 4.38. The van der Waals surface area contributed by atoms with E-state index in [4.69, 9.17) is 10.5 Å². The molecule has 20 heavy (non-hydrogen) atoms. The van der Waals surface area contributed by atoms with Gasteiger partial charge in [0, 0.05) is 12.5 Å². The van der Waals surface area contributed by atoms with Crippen LogP contribution < -0.4 is 5.73 Å². The SMILES string of the molecule is CC(=O)OC(C(N)=O)c1ccc(-c2ccccc2)cc1. The van der Waals surface area contributed by atoms with Crippen LogP contribution in [0.5, 0.6) is 0 Å². The van der Waals surface area contributed by atoms with E-state index in [2.05, 4.69) is 0 Å². The fraction of sp³-hybridized carbons (Fsp3) is 0.125. The first-order chi connectivity index (χ1) is 9.58. The topological polar surface area (TPSA) is 69.4 Å². The standard InChI is InChI=1S/C16H15NO3/c1-11(18)20-15(16(17)19)14-9-7-13(8-10-14)12-5-3-2-4-6-12/h2-10,15H,1H3,(H2,17,19). The molecule has 0 aliphatic rings. The Morgan fingerprint density at radius 2 is 1.50 bits per heavy atom. The summed E-state index contributed by atoms with van der Waals surface area (Å²) in [5.74, 6) is -1.23. The van der Waals surface area contributed by atoms with E-state index in [0.717, 1.165) is 11.1 Å². The van der Waals surface area contributed by atoms with Crippen molar-refractivity contribution in [3.05, 3.63) is 60.2 Å². The lowest BCUT2D eigenvalue weighted by atomic mass is 10.0. The molecule has 0 aliphatic heterocycles. The Morgan fingerprint density at radius 1 is 0.950 bits per heavy atom. The Hall–Kier alpha value is -2.62. The highest BCUT2D eigenvalue weighted by atomic mass is 16.5. The van der Waals surface area contributed by atoms with Gasteiger partial charge in [0.15, 0.2) is 0 Å². The molecule has 4 heteroatoms. The van der Waals surface area contributed by atoms with Gasteiger partial charge in [0.2, 0.25) is 6.10 Å². The van der Waals surface area contributed by atoms with Gasteiger partial charge in [0.25, 0.3) is 5.91 Å². The Balaban J connectivity index is 2.27. The van der Waals surface area contributed by atoms with Gasteiger partial charge in [-0.05, 0) is 11.1 Å². The Bertz CT molecular complexity index is 605. The number of carbonyl (C=O) groups excluding carboxylic acids is 2.